The minimum atomic E-state index is -3.53. The van der Waals surface area contributed by atoms with Crippen molar-refractivity contribution >= 4 is 27.4 Å². The van der Waals surface area contributed by atoms with Crippen molar-refractivity contribution in [2.75, 3.05) is 49.4 Å². The molecular weight excluding hydrogens is 470 g/mol. The van der Waals surface area contributed by atoms with Crippen molar-refractivity contribution in [2.24, 2.45) is 0 Å². The topological polar surface area (TPSA) is 134 Å². The molecule has 1 atom stereocenters. The van der Waals surface area contributed by atoms with Crippen molar-refractivity contribution in [3.8, 4) is 11.4 Å². The molecular formula is C24H33N5O5S. The van der Waals surface area contributed by atoms with Gasteiger partial charge in [0.1, 0.15) is 10.6 Å². The summed E-state index contributed by atoms with van der Waals surface area (Å²) in [5.41, 5.74) is 1.85. The smallest absolute Gasteiger partial charge is 0.318 e. The van der Waals surface area contributed by atoms with Crippen molar-refractivity contribution in [3.63, 3.8) is 0 Å². The average Bonchev–Trinajstić information content (AvgIpc) is 2.82. The highest BCUT2D eigenvalue weighted by Crippen LogP contribution is 2.49. The summed E-state index contributed by atoms with van der Waals surface area (Å²) in [5, 5.41) is 14.5. The Hall–Kier alpha value is -2.76. The highest BCUT2D eigenvalue weighted by molar-refractivity contribution is 7.92. The molecule has 2 amide bonds. The van der Waals surface area contributed by atoms with E-state index in [1.54, 1.807) is 19.2 Å². The van der Waals surface area contributed by atoms with Crippen LogP contribution < -0.4 is 15.5 Å². The van der Waals surface area contributed by atoms with Gasteiger partial charge in [0.15, 0.2) is 15.7 Å². The van der Waals surface area contributed by atoms with Crippen LogP contribution in [0.1, 0.15) is 38.3 Å². The monoisotopic (exact) mass is 503 g/mol. The van der Waals surface area contributed by atoms with Crippen LogP contribution in [0, 0.1) is 0 Å². The number of benzene rings is 1. The Kier molecular flexibility index (Phi) is 7.58. The summed E-state index contributed by atoms with van der Waals surface area (Å²) in [7, 11) is -1.99. The minimum Gasteiger partial charge on any atom is -0.396 e. The molecule has 0 unspecified atom stereocenters. The predicted molar refractivity (Wildman–Crippen MR) is 134 cm³/mol. The highest BCUT2D eigenvalue weighted by Gasteiger charge is 2.51. The molecule has 1 aliphatic carbocycles. The van der Waals surface area contributed by atoms with Gasteiger partial charge in [-0.1, -0.05) is 0 Å². The summed E-state index contributed by atoms with van der Waals surface area (Å²) in [6.45, 7) is 3.66. The maximum Gasteiger partial charge on any atom is 0.318 e. The summed E-state index contributed by atoms with van der Waals surface area (Å²) in [6.07, 6.45) is 2.02. The number of aliphatic hydroxyl groups is 1. The Bertz CT molecular complexity index is 1150. The number of nitrogens with one attached hydrogen (secondary N) is 2. The molecule has 1 aromatic carbocycles. The molecule has 3 N–H and O–H groups in total. The van der Waals surface area contributed by atoms with Crippen LogP contribution >= 0.6 is 0 Å². The molecule has 10 nitrogen and oxygen atoms in total. The highest BCUT2D eigenvalue weighted by atomic mass is 32.2. The first-order valence-corrected chi connectivity index (χ1v) is 13.6. The van der Waals surface area contributed by atoms with E-state index in [9.17, 15) is 18.3 Å². The number of sulfone groups is 1. The standard InChI is InChI=1S/C24H33N5O5S/c1-17-16-34-13-11-29(17)21-15-20(24(9-3-10-24)35(32,33)14-4-12-30)27-22(28-21)18-5-7-19(8-6-18)26-23(31)25-2/h5-8,15,17,30H,3-4,9-14,16H2,1-2H3,(H2,25,26,31)/t17-/m0/s1. The lowest BCUT2D eigenvalue weighted by Crippen LogP contribution is -2.46. The van der Waals surface area contributed by atoms with Crippen LogP contribution in [0.5, 0.6) is 0 Å². The zero-order chi connectivity index (χ0) is 25.1. The van der Waals surface area contributed by atoms with Gasteiger partial charge in [-0.3, -0.25) is 0 Å². The van der Waals surface area contributed by atoms with E-state index in [0.717, 1.165) is 12.0 Å². The molecule has 190 valence electrons. The SMILES string of the molecule is CNC(=O)Nc1ccc(-c2nc(N3CCOC[C@@H]3C)cc(C3(S(=O)(=O)CCCO)CCC3)n2)cc1. The van der Waals surface area contributed by atoms with Gasteiger partial charge < -0.3 is 25.4 Å². The zero-order valence-corrected chi connectivity index (χ0v) is 21.0. The number of anilines is 2. The van der Waals surface area contributed by atoms with E-state index in [1.807, 2.05) is 18.2 Å². The Labute approximate surface area is 206 Å². The molecule has 0 bridgehead atoms. The Balaban J connectivity index is 1.78. The summed E-state index contributed by atoms with van der Waals surface area (Å²) in [6, 6.07) is 8.72. The number of rotatable bonds is 8. The number of ether oxygens (including phenoxy) is 1. The maximum absolute atomic E-state index is 13.4. The van der Waals surface area contributed by atoms with Crippen LogP contribution in [-0.4, -0.2) is 74.7 Å². The lowest BCUT2D eigenvalue weighted by Gasteiger charge is -2.41. The summed E-state index contributed by atoms with van der Waals surface area (Å²) in [5.74, 6) is 1.04. The average molecular weight is 504 g/mol. The molecule has 1 aliphatic heterocycles. The van der Waals surface area contributed by atoms with Crippen LogP contribution in [0.3, 0.4) is 0 Å². The predicted octanol–water partition coefficient (Wildman–Crippen LogP) is 2.30. The number of carbonyl (C=O) groups excluding carboxylic acids is 1. The van der Waals surface area contributed by atoms with Crippen LogP contribution in [0.25, 0.3) is 11.4 Å². The van der Waals surface area contributed by atoms with E-state index < -0.39 is 14.6 Å². The van der Waals surface area contributed by atoms with Gasteiger partial charge in [-0.05, 0) is 56.9 Å². The van der Waals surface area contributed by atoms with E-state index in [-0.39, 0.29) is 30.9 Å². The van der Waals surface area contributed by atoms with Crippen molar-refractivity contribution < 1.29 is 23.1 Å². The van der Waals surface area contributed by atoms with Crippen LogP contribution in [-0.2, 0) is 19.3 Å². The lowest BCUT2D eigenvalue weighted by molar-refractivity contribution is 0.0985. The van der Waals surface area contributed by atoms with Gasteiger partial charge in [0.25, 0.3) is 0 Å². The van der Waals surface area contributed by atoms with Gasteiger partial charge in [0, 0.05) is 37.5 Å². The van der Waals surface area contributed by atoms with Crippen LogP contribution in [0.2, 0.25) is 0 Å². The molecule has 35 heavy (non-hydrogen) atoms. The van der Waals surface area contributed by atoms with E-state index >= 15 is 0 Å². The van der Waals surface area contributed by atoms with Gasteiger partial charge in [-0.2, -0.15) is 0 Å². The van der Waals surface area contributed by atoms with Crippen molar-refractivity contribution in [2.45, 2.75) is 43.4 Å². The number of nitrogens with zero attached hydrogens (tertiary/aromatic N) is 3. The molecule has 1 saturated carbocycles. The quantitative estimate of drug-likeness (QED) is 0.500. The molecule has 1 saturated heterocycles. The van der Waals surface area contributed by atoms with Gasteiger partial charge in [-0.15, -0.1) is 0 Å². The molecule has 2 fully saturated rings. The summed E-state index contributed by atoms with van der Waals surface area (Å²) < 4.78 is 31.4. The second-order valence-corrected chi connectivity index (χ2v) is 11.5. The van der Waals surface area contributed by atoms with Crippen LogP contribution in [0.15, 0.2) is 30.3 Å². The summed E-state index contributed by atoms with van der Waals surface area (Å²) >= 11 is 0. The second-order valence-electron chi connectivity index (χ2n) is 9.08. The lowest BCUT2D eigenvalue weighted by atomic mass is 9.81. The van der Waals surface area contributed by atoms with Crippen LogP contribution in [0.4, 0.5) is 16.3 Å². The largest absolute Gasteiger partial charge is 0.396 e. The number of amides is 2. The van der Waals surface area contributed by atoms with Gasteiger partial charge >= 0.3 is 6.03 Å². The number of aliphatic hydroxyl groups excluding tert-OH is 1. The maximum atomic E-state index is 13.4. The van der Waals surface area contributed by atoms with Gasteiger partial charge in [0.2, 0.25) is 0 Å². The summed E-state index contributed by atoms with van der Waals surface area (Å²) in [4.78, 5) is 23.4. The fourth-order valence-corrected chi connectivity index (χ4v) is 6.82. The zero-order valence-electron chi connectivity index (χ0n) is 20.2. The third kappa shape index (κ3) is 5.12. The first kappa shape index (κ1) is 25.3. The van der Waals surface area contributed by atoms with Crippen molar-refractivity contribution in [3.05, 3.63) is 36.0 Å². The molecule has 2 heterocycles. The van der Waals surface area contributed by atoms with E-state index in [2.05, 4.69) is 22.5 Å². The van der Waals surface area contributed by atoms with E-state index in [1.165, 1.54) is 0 Å². The van der Waals surface area contributed by atoms with Crippen molar-refractivity contribution in [1.29, 1.82) is 0 Å². The fraction of sp³-hybridized carbons (Fsp3) is 0.542. The number of urea groups is 1. The third-order valence-corrected chi connectivity index (χ3v) is 9.43. The van der Waals surface area contributed by atoms with Gasteiger partial charge in [0.05, 0.1) is 30.7 Å². The Morgan fingerprint density at radius 1 is 1.26 bits per heavy atom. The van der Waals surface area contributed by atoms with E-state index in [4.69, 9.17) is 14.7 Å². The first-order valence-electron chi connectivity index (χ1n) is 12.0. The second kappa shape index (κ2) is 10.5. The number of aromatic nitrogens is 2. The first-order chi connectivity index (χ1) is 16.8. The Morgan fingerprint density at radius 3 is 2.60 bits per heavy atom. The molecule has 0 radical (unpaired) electrons. The Morgan fingerprint density at radius 2 is 2.00 bits per heavy atom. The molecule has 1 aromatic heterocycles. The fourth-order valence-electron chi connectivity index (χ4n) is 4.58. The number of morpholine rings is 1. The molecule has 2 aliphatic rings. The van der Waals surface area contributed by atoms with Crippen molar-refractivity contribution in [1.82, 2.24) is 15.3 Å². The number of carbonyl (C=O) groups is 1. The van der Waals surface area contributed by atoms with Gasteiger partial charge in [-0.25, -0.2) is 23.2 Å². The normalized spacial score (nSPS) is 19.6. The number of hydrogen-bond acceptors (Lipinski definition) is 8. The van der Waals surface area contributed by atoms with E-state index in [0.29, 0.717) is 55.6 Å². The molecule has 11 heteroatoms. The number of hydrogen-bond donors (Lipinski definition) is 3. The molecule has 0 spiro atoms. The minimum absolute atomic E-state index is 0.0774. The molecule has 2 aromatic rings. The molecule has 4 rings (SSSR count). The third-order valence-electron chi connectivity index (χ3n) is 6.80.